The first-order chi connectivity index (χ1) is 14.8. The van der Waals surface area contributed by atoms with Gasteiger partial charge >= 0.3 is 5.97 Å². The van der Waals surface area contributed by atoms with Crippen molar-refractivity contribution >= 4 is 29.6 Å². The lowest BCUT2D eigenvalue weighted by atomic mass is 10.1. The van der Waals surface area contributed by atoms with Crippen LogP contribution in [-0.2, 0) is 38.4 Å². The van der Waals surface area contributed by atoms with Gasteiger partial charge < -0.3 is 14.7 Å². The van der Waals surface area contributed by atoms with Crippen LogP contribution in [0.15, 0.2) is 12.2 Å². The normalized spacial score (nSPS) is 19.0. The van der Waals surface area contributed by atoms with Crippen LogP contribution >= 0.6 is 0 Å². The Labute approximate surface area is 179 Å². The molecule has 172 valence electrons. The van der Waals surface area contributed by atoms with E-state index in [2.05, 4.69) is 0 Å². The quantitative estimate of drug-likeness (QED) is 0.194. The Kier molecular flexibility index (Phi) is 9.76. The maximum absolute atomic E-state index is 11.9. The second-order valence-corrected chi connectivity index (χ2v) is 7.18. The van der Waals surface area contributed by atoms with E-state index in [0.29, 0.717) is 10.1 Å². The van der Waals surface area contributed by atoms with Crippen LogP contribution in [0.25, 0.3) is 0 Å². The largest absolute Gasteiger partial charge is 0.344 e. The first-order valence-corrected chi connectivity index (χ1v) is 10.4. The van der Waals surface area contributed by atoms with E-state index in [9.17, 15) is 29.1 Å². The maximum Gasteiger partial charge on any atom is 0.333 e. The number of aliphatic hydroxyl groups excluding tert-OH is 1. The van der Waals surface area contributed by atoms with Crippen LogP contribution in [0.1, 0.15) is 71.1 Å². The van der Waals surface area contributed by atoms with Gasteiger partial charge in [0.05, 0.1) is 6.10 Å². The highest BCUT2D eigenvalue weighted by Gasteiger charge is 2.34. The minimum Gasteiger partial charge on any atom is -0.344 e. The number of carbonyl (C=O) groups excluding carboxylic acids is 5. The lowest BCUT2D eigenvalue weighted by Gasteiger charge is -2.22. The molecule has 0 aromatic carbocycles. The highest BCUT2D eigenvalue weighted by Crippen LogP contribution is 2.17. The average molecular weight is 440 g/mol. The lowest BCUT2D eigenvalue weighted by molar-refractivity contribution is -0.342. The molecular weight excluding hydrogens is 412 g/mol. The van der Waals surface area contributed by atoms with Gasteiger partial charge in [-0.3, -0.25) is 19.2 Å². The fraction of sp³-hybridized carbons (Fsp3) is 0.650. The Bertz CT molecular complexity index is 689. The molecule has 2 atom stereocenters. The fourth-order valence-electron chi connectivity index (χ4n) is 2.97. The van der Waals surface area contributed by atoms with Crippen molar-refractivity contribution in [1.29, 1.82) is 0 Å². The Morgan fingerprint density at radius 2 is 1.58 bits per heavy atom. The summed E-state index contributed by atoms with van der Waals surface area (Å²) in [5.74, 6) is -2.95. The van der Waals surface area contributed by atoms with Crippen molar-refractivity contribution in [1.82, 2.24) is 10.1 Å². The standard InChI is InChI=1S/C20H28N2O9/c1-2-3-4-5-7-14(29-20(28)31-22-17(25)12-13-18(22)26)8-6-9-19(27)30-21-15(23)10-11-16(21)24/h5,7,14,20,28H,2-4,6,8-13H2,1H3/b7-5+/t14-,20?/m0/s1. The Hall–Kier alpha value is -2.63. The van der Waals surface area contributed by atoms with Crippen LogP contribution in [0.2, 0.25) is 0 Å². The molecule has 0 radical (unpaired) electrons. The molecule has 2 aliphatic rings. The lowest BCUT2D eigenvalue weighted by Crippen LogP contribution is -2.36. The van der Waals surface area contributed by atoms with Crippen molar-refractivity contribution in [2.75, 3.05) is 0 Å². The number of unbranched alkanes of at least 4 members (excludes halogenated alkanes) is 2. The number of hydrogen-bond donors (Lipinski definition) is 1. The number of allylic oxidation sites excluding steroid dienone is 1. The van der Waals surface area contributed by atoms with Gasteiger partial charge in [0.15, 0.2) is 0 Å². The van der Waals surface area contributed by atoms with E-state index in [1.165, 1.54) is 0 Å². The van der Waals surface area contributed by atoms with E-state index in [4.69, 9.17) is 14.4 Å². The van der Waals surface area contributed by atoms with Crippen LogP contribution in [-0.4, -0.2) is 57.4 Å². The first kappa shape index (κ1) is 24.6. The number of imide groups is 2. The molecule has 0 aromatic rings. The van der Waals surface area contributed by atoms with Gasteiger partial charge in [0.25, 0.3) is 30.1 Å². The number of hydrogen-bond acceptors (Lipinski definition) is 9. The summed E-state index contributed by atoms with van der Waals surface area (Å²) in [4.78, 5) is 67.8. The molecule has 4 amide bonds. The molecule has 31 heavy (non-hydrogen) atoms. The van der Waals surface area contributed by atoms with E-state index in [1.807, 2.05) is 13.0 Å². The summed E-state index contributed by atoms with van der Waals surface area (Å²) in [5.41, 5.74) is 0. The number of hydroxylamine groups is 4. The van der Waals surface area contributed by atoms with E-state index >= 15 is 0 Å². The molecule has 11 nitrogen and oxygen atoms in total. The molecule has 1 N–H and O–H groups in total. The first-order valence-electron chi connectivity index (χ1n) is 10.4. The van der Waals surface area contributed by atoms with Crippen molar-refractivity contribution < 1.29 is 43.5 Å². The van der Waals surface area contributed by atoms with Crippen molar-refractivity contribution in [2.24, 2.45) is 0 Å². The van der Waals surface area contributed by atoms with E-state index in [1.54, 1.807) is 6.08 Å². The van der Waals surface area contributed by atoms with Gasteiger partial charge in [-0.1, -0.05) is 31.9 Å². The highest BCUT2D eigenvalue weighted by atomic mass is 16.9. The molecule has 0 aromatic heterocycles. The SMILES string of the molecule is CCCC/C=C/[C@@H](CCCC(=O)ON1C(=O)CCC1=O)OC(O)ON1C(=O)CCC1=O. The third kappa shape index (κ3) is 7.85. The summed E-state index contributed by atoms with van der Waals surface area (Å²) < 4.78 is 5.37. The monoisotopic (exact) mass is 440 g/mol. The number of amides is 4. The van der Waals surface area contributed by atoms with Crippen LogP contribution in [0, 0.1) is 0 Å². The van der Waals surface area contributed by atoms with Crippen molar-refractivity contribution in [3.8, 4) is 0 Å². The number of ether oxygens (including phenoxy) is 1. The van der Waals surface area contributed by atoms with Crippen molar-refractivity contribution in [3.05, 3.63) is 12.2 Å². The third-order valence-electron chi connectivity index (χ3n) is 4.64. The zero-order valence-electron chi connectivity index (χ0n) is 17.5. The Morgan fingerprint density at radius 1 is 1.00 bits per heavy atom. The summed E-state index contributed by atoms with van der Waals surface area (Å²) in [6, 6.07) is 0. The summed E-state index contributed by atoms with van der Waals surface area (Å²) in [6.07, 6.45) is 6.18. The van der Waals surface area contributed by atoms with Gasteiger partial charge in [-0.05, 0) is 19.3 Å². The van der Waals surface area contributed by atoms with Gasteiger partial charge in [-0.25, -0.2) is 9.63 Å². The van der Waals surface area contributed by atoms with Gasteiger partial charge in [0.2, 0.25) is 0 Å². The zero-order chi connectivity index (χ0) is 22.8. The summed E-state index contributed by atoms with van der Waals surface area (Å²) in [5, 5.41) is 11.0. The van der Waals surface area contributed by atoms with Crippen LogP contribution in [0.3, 0.4) is 0 Å². The molecule has 0 bridgehead atoms. The molecule has 0 saturated carbocycles. The van der Waals surface area contributed by atoms with E-state index < -0.39 is 42.2 Å². The number of carbonyl (C=O) groups is 5. The Balaban J connectivity index is 1.82. The molecule has 11 heteroatoms. The van der Waals surface area contributed by atoms with E-state index in [-0.39, 0.29) is 44.9 Å². The molecule has 0 aliphatic carbocycles. The Morgan fingerprint density at radius 3 is 2.16 bits per heavy atom. The molecule has 0 spiro atoms. The minimum atomic E-state index is -1.85. The smallest absolute Gasteiger partial charge is 0.333 e. The molecule has 2 rings (SSSR count). The molecule has 2 fully saturated rings. The third-order valence-corrected chi connectivity index (χ3v) is 4.64. The van der Waals surface area contributed by atoms with Crippen molar-refractivity contribution in [3.63, 3.8) is 0 Å². The summed E-state index contributed by atoms with van der Waals surface area (Å²) in [6.45, 7) is 0.198. The second-order valence-electron chi connectivity index (χ2n) is 7.18. The van der Waals surface area contributed by atoms with Gasteiger partial charge in [-0.15, -0.1) is 10.1 Å². The molecule has 2 aliphatic heterocycles. The van der Waals surface area contributed by atoms with Crippen LogP contribution in [0.5, 0.6) is 0 Å². The van der Waals surface area contributed by atoms with Crippen LogP contribution < -0.4 is 0 Å². The predicted molar refractivity (Wildman–Crippen MR) is 103 cm³/mol. The topological polar surface area (TPSA) is 140 Å². The summed E-state index contributed by atoms with van der Waals surface area (Å²) in [7, 11) is 0. The van der Waals surface area contributed by atoms with Gasteiger partial charge in [0.1, 0.15) is 0 Å². The maximum atomic E-state index is 11.9. The second kappa shape index (κ2) is 12.3. The molecule has 2 saturated heterocycles. The number of nitrogens with zero attached hydrogens (tertiary/aromatic N) is 2. The van der Waals surface area contributed by atoms with Gasteiger partial charge in [0, 0.05) is 32.1 Å². The predicted octanol–water partition coefficient (Wildman–Crippen LogP) is 1.25. The average Bonchev–Trinajstić information content (AvgIpc) is 3.21. The highest BCUT2D eigenvalue weighted by molar-refractivity contribution is 6.01. The van der Waals surface area contributed by atoms with Crippen LogP contribution in [0.4, 0.5) is 0 Å². The number of rotatable bonds is 13. The molecule has 1 unspecified atom stereocenters. The fourth-order valence-corrected chi connectivity index (χ4v) is 2.97. The van der Waals surface area contributed by atoms with E-state index in [0.717, 1.165) is 19.3 Å². The molecular formula is C20H28N2O9. The number of aliphatic hydroxyl groups is 1. The zero-order valence-corrected chi connectivity index (χ0v) is 17.5. The minimum absolute atomic E-state index is 0.00996. The van der Waals surface area contributed by atoms with Gasteiger partial charge in [-0.2, -0.15) is 0 Å². The van der Waals surface area contributed by atoms with Crippen molar-refractivity contribution in [2.45, 2.75) is 83.7 Å². The summed E-state index contributed by atoms with van der Waals surface area (Å²) >= 11 is 0. The molecule has 2 heterocycles.